The molecule has 0 radical (unpaired) electrons. The van der Waals surface area contributed by atoms with Crippen LogP contribution in [0.4, 0.5) is 0 Å². The molecule has 0 aliphatic heterocycles. The topological polar surface area (TPSA) is 55.4 Å². The van der Waals surface area contributed by atoms with Gasteiger partial charge in [0.2, 0.25) is 10.0 Å². The molecular weight excluding hydrogens is 202 g/mol. The van der Waals surface area contributed by atoms with Crippen molar-refractivity contribution in [2.45, 2.75) is 19.8 Å². The third-order valence-electron chi connectivity index (χ3n) is 1.51. The molecule has 0 aromatic rings. The first-order chi connectivity index (χ1) is 6.62. The predicted octanol–water partition coefficient (Wildman–Crippen LogP) is 0.356. The second-order valence-electron chi connectivity index (χ2n) is 2.74. The predicted molar refractivity (Wildman–Crippen MR) is 56.3 cm³/mol. The van der Waals surface area contributed by atoms with Crippen LogP contribution in [0.3, 0.4) is 0 Å². The van der Waals surface area contributed by atoms with E-state index in [0.717, 1.165) is 0 Å². The summed E-state index contributed by atoms with van der Waals surface area (Å²) in [5.41, 5.74) is 0. The highest BCUT2D eigenvalue weighted by Crippen LogP contribution is 1.90. The van der Waals surface area contributed by atoms with Crippen molar-refractivity contribution in [2.24, 2.45) is 0 Å². The molecule has 0 atom stereocenters. The van der Waals surface area contributed by atoms with Gasteiger partial charge in [-0.25, -0.2) is 13.1 Å². The van der Waals surface area contributed by atoms with Crippen molar-refractivity contribution in [3.05, 3.63) is 0 Å². The molecule has 0 amide bonds. The quantitative estimate of drug-likeness (QED) is 0.497. The van der Waals surface area contributed by atoms with E-state index in [1.807, 2.05) is 0 Å². The maximum Gasteiger partial charge on any atom is 0.211 e. The summed E-state index contributed by atoms with van der Waals surface area (Å²) in [7, 11) is -1.58. The molecular formula is C9H17NO3S. The van der Waals surface area contributed by atoms with Gasteiger partial charge in [-0.2, -0.15) is 0 Å². The van der Waals surface area contributed by atoms with E-state index in [9.17, 15) is 8.42 Å². The molecule has 0 rings (SSSR count). The lowest BCUT2D eigenvalue weighted by Crippen LogP contribution is -2.27. The van der Waals surface area contributed by atoms with Crippen LogP contribution >= 0.6 is 0 Å². The normalized spacial score (nSPS) is 10.7. The zero-order valence-electron chi connectivity index (χ0n) is 8.67. The molecule has 0 bridgehead atoms. The number of sulfonamides is 1. The number of ether oxygens (including phenoxy) is 1. The minimum atomic E-state index is -3.13. The van der Waals surface area contributed by atoms with E-state index < -0.39 is 10.0 Å². The zero-order valence-corrected chi connectivity index (χ0v) is 9.49. The molecule has 0 unspecified atom stereocenters. The van der Waals surface area contributed by atoms with Gasteiger partial charge >= 0.3 is 0 Å². The van der Waals surface area contributed by atoms with Crippen LogP contribution in [0, 0.1) is 11.8 Å². The van der Waals surface area contributed by atoms with Crippen LogP contribution in [0.2, 0.25) is 0 Å². The van der Waals surface area contributed by atoms with Gasteiger partial charge in [-0.05, 0) is 13.3 Å². The molecule has 1 N–H and O–H groups in total. The van der Waals surface area contributed by atoms with E-state index in [4.69, 9.17) is 4.74 Å². The SMILES string of the molecule is CC#CCCNS(=O)(=O)CCCOC. The second-order valence-corrected chi connectivity index (χ2v) is 4.66. The average Bonchev–Trinajstić information content (AvgIpc) is 2.13. The van der Waals surface area contributed by atoms with E-state index in [1.54, 1.807) is 14.0 Å². The molecule has 0 aromatic carbocycles. The van der Waals surface area contributed by atoms with Gasteiger partial charge in [-0.1, -0.05) is 0 Å². The van der Waals surface area contributed by atoms with Crippen LogP contribution in [0.5, 0.6) is 0 Å². The highest BCUT2D eigenvalue weighted by Gasteiger charge is 2.07. The van der Waals surface area contributed by atoms with Crippen LogP contribution in [-0.2, 0) is 14.8 Å². The fourth-order valence-corrected chi connectivity index (χ4v) is 1.91. The van der Waals surface area contributed by atoms with Crippen molar-refractivity contribution in [2.75, 3.05) is 26.0 Å². The number of rotatable bonds is 7. The van der Waals surface area contributed by atoms with Gasteiger partial charge < -0.3 is 4.74 Å². The summed E-state index contributed by atoms with van der Waals surface area (Å²) in [5.74, 6) is 5.60. The zero-order chi connectivity index (χ0) is 10.9. The Kier molecular flexibility index (Phi) is 7.48. The van der Waals surface area contributed by atoms with Gasteiger partial charge in [0, 0.05) is 26.7 Å². The molecule has 0 fully saturated rings. The molecule has 5 heteroatoms. The Morgan fingerprint density at radius 2 is 2.14 bits per heavy atom. The van der Waals surface area contributed by atoms with Gasteiger partial charge in [0.1, 0.15) is 0 Å². The molecule has 82 valence electrons. The lowest BCUT2D eigenvalue weighted by Gasteiger charge is -2.03. The largest absolute Gasteiger partial charge is 0.385 e. The second kappa shape index (κ2) is 7.80. The summed E-state index contributed by atoms with van der Waals surface area (Å²) in [4.78, 5) is 0. The number of nitrogens with one attached hydrogen (secondary N) is 1. The Labute approximate surface area is 86.1 Å². The molecule has 4 nitrogen and oxygen atoms in total. The Morgan fingerprint density at radius 3 is 2.71 bits per heavy atom. The first-order valence-corrected chi connectivity index (χ1v) is 6.13. The van der Waals surface area contributed by atoms with Crippen LogP contribution in [0.1, 0.15) is 19.8 Å². The van der Waals surface area contributed by atoms with E-state index in [1.165, 1.54) is 0 Å². The lowest BCUT2D eigenvalue weighted by atomic mass is 10.4. The monoisotopic (exact) mass is 219 g/mol. The summed E-state index contributed by atoms with van der Waals surface area (Å²) >= 11 is 0. The maximum atomic E-state index is 11.3. The third kappa shape index (κ3) is 8.05. The van der Waals surface area contributed by atoms with Crippen molar-refractivity contribution in [3.8, 4) is 11.8 Å². The average molecular weight is 219 g/mol. The lowest BCUT2D eigenvalue weighted by molar-refractivity contribution is 0.199. The fourth-order valence-electron chi connectivity index (χ4n) is 0.859. The molecule has 0 aromatic heterocycles. The minimum absolute atomic E-state index is 0.112. The smallest absolute Gasteiger partial charge is 0.211 e. The molecule has 0 saturated carbocycles. The molecule has 0 aliphatic carbocycles. The number of hydrogen-bond donors (Lipinski definition) is 1. The van der Waals surface area contributed by atoms with E-state index in [0.29, 0.717) is 26.0 Å². The number of methoxy groups -OCH3 is 1. The molecule has 0 saturated heterocycles. The van der Waals surface area contributed by atoms with Crippen molar-refractivity contribution in [1.82, 2.24) is 4.72 Å². The summed E-state index contributed by atoms with van der Waals surface area (Å²) in [5, 5.41) is 0. The fraction of sp³-hybridized carbons (Fsp3) is 0.778. The van der Waals surface area contributed by atoms with Crippen molar-refractivity contribution in [3.63, 3.8) is 0 Å². The molecule has 14 heavy (non-hydrogen) atoms. The van der Waals surface area contributed by atoms with Crippen LogP contribution in [0.25, 0.3) is 0 Å². The van der Waals surface area contributed by atoms with Gasteiger partial charge in [-0.15, -0.1) is 11.8 Å². The van der Waals surface area contributed by atoms with Crippen molar-refractivity contribution in [1.29, 1.82) is 0 Å². The summed E-state index contributed by atoms with van der Waals surface area (Å²) in [6, 6.07) is 0. The molecule has 0 heterocycles. The summed E-state index contributed by atoms with van der Waals surface area (Å²) in [6.07, 6.45) is 1.07. The van der Waals surface area contributed by atoms with Gasteiger partial charge in [0.15, 0.2) is 0 Å². The van der Waals surface area contributed by atoms with Crippen LogP contribution in [-0.4, -0.2) is 34.4 Å². The Balaban J connectivity index is 3.65. The van der Waals surface area contributed by atoms with Gasteiger partial charge in [-0.3, -0.25) is 0 Å². The van der Waals surface area contributed by atoms with Gasteiger partial charge in [0.25, 0.3) is 0 Å². The third-order valence-corrected chi connectivity index (χ3v) is 2.98. The van der Waals surface area contributed by atoms with E-state index >= 15 is 0 Å². The maximum absolute atomic E-state index is 11.3. The highest BCUT2D eigenvalue weighted by molar-refractivity contribution is 7.89. The highest BCUT2D eigenvalue weighted by atomic mass is 32.2. The Morgan fingerprint density at radius 1 is 1.43 bits per heavy atom. The number of hydrogen-bond acceptors (Lipinski definition) is 3. The summed E-state index contributed by atoms with van der Waals surface area (Å²) in [6.45, 7) is 2.58. The van der Waals surface area contributed by atoms with Gasteiger partial charge in [0.05, 0.1) is 5.75 Å². The van der Waals surface area contributed by atoms with Crippen molar-refractivity contribution >= 4 is 10.0 Å². The first kappa shape index (κ1) is 13.4. The standard InChI is InChI=1S/C9H17NO3S/c1-3-4-5-7-10-14(11,12)9-6-8-13-2/h10H,5-9H2,1-2H3. The van der Waals surface area contributed by atoms with Crippen molar-refractivity contribution < 1.29 is 13.2 Å². The first-order valence-electron chi connectivity index (χ1n) is 4.48. The summed E-state index contributed by atoms with van der Waals surface area (Å²) < 4.78 is 29.7. The Hall–Kier alpha value is -0.570. The minimum Gasteiger partial charge on any atom is -0.385 e. The molecule has 0 spiro atoms. The van der Waals surface area contributed by atoms with E-state index in [2.05, 4.69) is 16.6 Å². The molecule has 0 aliphatic rings. The van der Waals surface area contributed by atoms with Crippen LogP contribution < -0.4 is 4.72 Å². The van der Waals surface area contributed by atoms with E-state index in [-0.39, 0.29) is 5.75 Å². The van der Waals surface area contributed by atoms with Crippen LogP contribution in [0.15, 0.2) is 0 Å². The Bertz CT molecular complexity index is 287.